The quantitative estimate of drug-likeness (QED) is 0.776. The van der Waals surface area contributed by atoms with E-state index in [-0.39, 0.29) is 31.1 Å². The molecule has 0 atom stereocenters. The maximum atomic E-state index is 12.7. The molecule has 0 spiro atoms. The number of rotatable bonds is 5. The van der Waals surface area contributed by atoms with E-state index in [1.165, 1.54) is 12.1 Å². The lowest BCUT2D eigenvalue weighted by Gasteiger charge is -2.23. The number of hydrogen-bond donors (Lipinski definition) is 2. The lowest BCUT2D eigenvalue weighted by atomic mass is 9.98. The molecule has 5 nitrogen and oxygen atoms in total. The second kappa shape index (κ2) is 8.01. The van der Waals surface area contributed by atoms with Crippen molar-refractivity contribution >= 4 is 11.9 Å². The first kappa shape index (κ1) is 20.3. The Hall–Kier alpha value is -3.03. The molecular weight excluding hydrogens is 395 g/mol. The van der Waals surface area contributed by atoms with Crippen LogP contribution in [0.5, 0.6) is 0 Å². The zero-order chi connectivity index (χ0) is 21.3. The maximum absolute atomic E-state index is 12.7. The molecule has 0 bridgehead atoms. The van der Waals surface area contributed by atoms with Crippen molar-refractivity contribution in [2.24, 2.45) is 0 Å². The molecule has 1 aliphatic carbocycles. The van der Waals surface area contributed by atoms with E-state index in [1.807, 2.05) is 12.1 Å². The Morgan fingerprint density at radius 2 is 1.80 bits per heavy atom. The normalized spacial score (nSPS) is 15.9. The van der Waals surface area contributed by atoms with Gasteiger partial charge in [-0.1, -0.05) is 24.3 Å². The highest BCUT2D eigenvalue weighted by Gasteiger charge is 2.33. The summed E-state index contributed by atoms with van der Waals surface area (Å²) in [7, 11) is 0. The lowest BCUT2D eigenvalue weighted by molar-refractivity contribution is -0.137. The highest BCUT2D eigenvalue weighted by molar-refractivity contribution is 5.96. The Morgan fingerprint density at radius 3 is 2.47 bits per heavy atom. The van der Waals surface area contributed by atoms with Crippen molar-refractivity contribution in [1.29, 1.82) is 0 Å². The fourth-order valence-corrected chi connectivity index (χ4v) is 3.60. The largest absolute Gasteiger partial charge is 0.416 e. The monoisotopic (exact) mass is 417 g/mol. The number of urea groups is 1. The molecule has 0 radical (unpaired) electrons. The second-order valence-electron chi connectivity index (χ2n) is 7.71. The van der Waals surface area contributed by atoms with Gasteiger partial charge in [0.15, 0.2) is 0 Å². The Labute approximate surface area is 172 Å². The van der Waals surface area contributed by atoms with Crippen molar-refractivity contribution in [3.05, 3.63) is 70.3 Å². The summed E-state index contributed by atoms with van der Waals surface area (Å²) in [4.78, 5) is 26.4. The van der Waals surface area contributed by atoms with Crippen molar-refractivity contribution in [3.8, 4) is 0 Å². The minimum Gasteiger partial charge on any atom is -0.352 e. The van der Waals surface area contributed by atoms with Gasteiger partial charge >= 0.3 is 12.2 Å². The van der Waals surface area contributed by atoms with Crippen LogP contribution in [-0.4, -0.2) is 29.4 Å². The number of benzene rings is 2. The smallest absolute Gasteiger partial charge is 0.352 e. The summed E-state index contributed by atoms with van der Waals surface area (Å²) in [6.45, 7) is 1.15. The molecule has 2 aromatic rings. The molecule has 1 saturated carbocycles. The van der Waals surface area contributed by atoms with Crippen LogP contribution in [0, 0.1) is 0 Å². The summed E-state index contributed by atoms with van der Waals surface area (Å²) in [5.41, 5.74) is 2.40. The number of carbonyl (C=O) groups is 2. The fourth-order valence-electron chi connectivity index (χ4n) is 3.60. The summed E-state index contributed by atoms with van der Waals surface area (Å²) in [5, 5.41) is 5.68. The number of carbonyl (C=O) groups excluding carboxylic acids is 2. The Bertz CT molecular complexity index is 953. The molecule has 0 saturated heterocycles. The van der Waals surface area contributed by atoms with Crippen molar-refractivity contribution in [1.82, 2.24) is 15.5 Å². The number of amides is 3. The van der Waals surface area contributed by atoms with Crippen LogP contribution in [0.4, 0.5) is 18.0 Å². The summed E-state index contributed by atoms with van der Waals surface area (Å²) in [5.74, 6) is -0.105. The third-order valence-corrected chi connectivity index (χ3v) is 5.43. The van der Waals surface area contributed by atoms with Gasteiger partial charge in [-0.25, -0.2) is 4.79 Å². The topological polar surface area (TPSA) is 61.4 Å². The van der Waals surface area contributed by atoms with Crippen molar-refractivity contribution in [2.45, 2.75) is 44.6 Å². The summed E-state index contributed by atoms with van der Waals surface area (Å²) >= 11 is 0. The number of fused-ring (bicyclic) bond motifs is 1. The standard InChI is InChI=1S/C22H22F3N3O2/c23-22(24,25)17-5-2-14(3-6-17)13-28(18-7-8-18)21(30)27-12-15-1-4-16-9-10-26-20(29)19(16)11-15/h1-6,11,18H,7-10,12-13H2,(H,26,29)(H,27,30). The minimum absolute atomic E-state index is 0.0987. The van der Waals surface area contributed by atoms with Gasteiger partial charge in [0.25, 0.3) is 5.91 Å². The molecule has 1 heterocycles. The number of halogens is 3. The van der Waals surface area contributed by atoms with Gasteiger partial charge in [-0.15, -0.1) is 0 Å². The third-order valence-electron chi connectivity index (χ3n) is 5.43. The average molecular weight is 417 g/mol. The van der Waals surface area contributed by atoms with Gasteiger partial charge in [-0.2, -0.15) is 13.2 Å². The van der Waals surface area contributed by atoms with E-state index in [0.717, 1.165) is 42.5 Å². The van der Waals surface area contributed by atoms with Crippen LogP contribution in [0.2, 0.25) is 0 Å². The van der Waals surface area contributed by atoms with Crippen LogP contribution in [0.1, 0.15) is 45.5 Å². The van der Waals surface area contributed by atoms with Gasteiger partial charge in [-0.05, 0) is 54.2 Å². The van der Waals surface area contributed by atoms with Gasteiger partial charge in [0.2, 0.25) is 0 Å². The van der Waals surface area contributed by atoms with E-state index < -0.39 is 11.7 Å². The van der Waals surface area contributed by atoms with Crippen molar-refractivity contribution in [2.75, 3.05) is 6.54 Å². The average Bonchev–Trinajstić information content (AvgIpc) is 3.55. The zero-order valence-electron chi connectivity index (χ0n) is 16.3. The highest BCUT2D eigenvalue weighted by Crippen LogP contribution is 2.31. The SMILES string of the molecule is O=C1NCCc2ccc(CNC(=O)N(Cc3ccc(C(F)(F)F)cc3)C3CC3)cc21. The van der Waals surface area contributed by atoms with Crippen LogP contribution in [0.25, 0.3) is 0 Å². The van der Waals surface area contributed by atoms with E-state index in [1.54, 1.807) is 11.0 Å². The Morgan fingerprint density at radius 1 is 1.10 bits per heavy atom. The van der Waals surface area contributed by atoms with E-state index in [2.05, 4.69) is 10.6 Å². The predicted molar refractivity (Wildman–Crippen MR) is 105 cm³/mol. The number of alkyl halides is 3. The third kappa shape index (κ3) is 4.58. The van der Waals surface area contributed by atoms with Gasteiger partial charge in [0.1, 0.15) is 0 Å². The van der Waals surface area contributed by atoms with Crippen molar-refractivity contribution in [3.63, 3.8) is 0 Å². The van der Waals surface area contributed by atoms with Crippen LogP contribution >= 0.6 is 0 Å². The zero-order valence-corrected chi connectivity index (χ0v) is 16.3. The number of hydrogen-bond acceptors (Lipinski definition) is 2. The molecule has 158 valence electrons. The van der Waals surface area contributed by atoms with Gasteiger partial charge < -0.3 is 15.5 Å². The summed E-state index contributed by atoms with van der Waals surface area (Å²) in [6, 6.07) is 10.3. The van der Waals surface area contributed by atoms with Gasteiger partial charge in [0, 0.05) is 31.2 Å². The van der Waals surface area contributed by atoms with Gasteiger partial charge in [0.05, 0.1) is 5.56 Å². The van der Waals surface area contributed by atoms with Crippen LogP contribution in [0.15, 0.2) is 42.5 Å². The molecule has 0 aromatic heterocycles. The van der Waals surface area contributed by atoms with E-state index in [9.17, 15) is 22.8 Å². The highest BCUT2D eigenvalue weighted by atomic mass is 19.4. The number of nitrogens with zero attached hydrogens (tertiary/aromatic N) is 1. The first-order chi connectivity index (χ1) is 14.3. The Balaban J connectivity index is 1.40. The minimum atomic E-state index is -4.38. The fraction of sp³-hybridized carbons (Fsp3) is 0.364. The second-order valence-corrected chi connectivity index (χ2v) is 7.71. The summed E-state index contributed by atoms with van der Waals surface area (Å²) < 4.78 is 38.2. The van der Waals surface area contributed by atoms with Crippen LogP contribution in [0.3, 0.4) is 0 Å². The van der Waals surface area contributed by atoms with Crippen molar-refractivity contribution < 1.29 is 22.8 Å². The van der Waals surface area contributed by atoms with Gasteiger partial charge in [-0.3, -0.25) is 4.79 Å². The lowest BCUT2D eigenvalue weighted by Crippen LogP contribution is -2.40. The molecule has 2 aromatic carbocycles. The first-order valence-corrected chi connectivity index (χ1v) is 9.92. The van der Waals surface area contributed by atoms with E-state index in [0.29, 0.717) is 17.7 Å². The van der Waals surface area contributed by atoms with E-state index in [4.69, 9.17) is 0 Å². The number of nitrogens with one attached hydrogen (secondary N) is 2. The predicted octanol–water partition coefficient (Wildman–Crippen LogP) is 3.87. The molecule has 4 rings (SSSR count). The van der Waals surface area contributed by atoms with Crippen LogP contribution in [-0.2, 0) is 25.7 Å². The molecule has 1 aliphatic heterocycles. The van der Waals surface area contributed by atoms with Crippen LogP contribution < -0.4 is 10.6 Å². The molecule has 2 aliphatic rings. The first-order valence-electron chi connectivity index (χ1n) is 9.92. The maximum Gasteiger partial charge on any atom is 0.416 e. The molecule has 8 heteroatoms. The van der Waals surface area contributed by atoms with E-state index >= 15 is 0 Å². The molecule has 0 unspecified atom stereocenters. The summed E-state index contributed by atoms with van der Waals surface area (Å²) in [6.07, 6.45) is -1.83. The molecule has 3 amide bonds. The molecule has 30 heavy (non-hydrogen) atoms. The molecule has 1 fully saturated rings. The molecular formula is C22H22F3N3O2. The molecule has 2 N–H and O–H groups in total. The Kier molecular flexibility index (Phi) is 5.40.